The minimum absolute atomic E-state index is 0.0536. The van der Waals surface area contributed by atoms with Crippen LogP contribution in [0.4, 0.5) is 0 Å². The molecule has 0 aliphatic heterocycles. The van der Waals surface area contributed by atoms with Crippen molar-refractivity contribution in [3.05, 3.63) is 17.5 Å². The zero-order valence-electron chi connectivity index (χ0n) is 11.3. The highest BCUT2D eigenvalue weighted by atomic mass is 16.2. The van der Waals surface area contributed by atoms with E-state index in [-0.39, 0.29) is 11.9 Å². The maximum atomic E-state index is 12.0. The Bertz CT molecular complexity index is 395. The molecule has 2 N–H and O–H groups in total. The van der Waals surface area contributed by atoms with Gasteiger partial charge in [0.05, 0.1) is 0 Å². The van der Waals surface area contributed by atoms with Crippen molar-refractivity contribution >= 4 is 5.91 Å². The average Bonchev–Trinajstić information content (AvgIpc) is 3.07. The zero-order valence-corrected chi connectivity index (χ0v) is 11.3. The molecule has 100 valence electrons. The van der Waals surface area contributed by atoms with Crippen LogP contribution in [0.5, 0.6) is 0 Å². The molecule has 4 heteroatoms. The van der Waals surface area contributed by atoms with Crippen molar-refractivity contribution in [3.8, 4) is 0 Å². The van der Waals surface area contributed by atoms with Crippen molar-refractivity contribution in [1.82, 2.24) is 15.5 Å². The Morgan fingerprint density at radius 1 is 1.56 bits per heavy atom. The fourth-order valence-electron chi connectivity index (χ4n) is 2.13. The van der Waals surface area contributed by atoms with Gasteiger partial charge in [-0.3, -0.25) is 9.89 Å². The van der Waals surface area contributed by atoms with Gasteiger partial charge in [-0.25, -0.2) is 0 Å². The number of hydrogen-bond donors (Lipinski definition) is 2. The van der Waals surface area contributed by atoms with Crippen LogP contribution in [0.25, 0.3) is 0 Å². The number of aromatic nitrogens is 2. The number of H-pyrrole nitrogens is 1. The van der Waals surface area contributed by atoms with Crippen LogP contribution in [0, 0.1) is 0 Å². The number of nitrogens with zero attached hydrogens (tertiary/aromatic N) is 1. The summed E-state index contributed by atoms with van der Waals surface area (Å²) in [6.07, 6.45) is 7.10. The number of carbonyl (C=O) groups excluding carboxylic acids is 1. The largest absolute Gasteiger partial charge is 0.348 e. The summed E-state index contributed by atoms with van der Waals surface area (Å²) in [5.41, 5.74) is 1.64. The lowest BCUT2D eigenvalue weighted by Crippen LogP contribution is -2.32. The quantitative estimate of drug-likeness (QED) is 0.730. The molecule has 1 amide bonds. The highest BCUT2D eigenvalue weighted by Gasteiger charge is 2.26. The van der Waals surface area contributed by atoms with Gasteiger partial charge in [-0.15, -0.1) is 0 Å². The van der Waals surface area contributed by atoms with Gasteiger partial charge < -0.3 is 5.32 Å². The van der Waals surface area contributed by atoms with E-state index in [1.165, 1.54) is 32.1 Å². The van der Waals surface area contributed by atoms with Crippen molar-refractivity contribution in [2.24, 2.45) is 0 Å². The predicted molar refractivity (Wildman–Crippen MR) is 71.6 cm³/mol. The molecule has 1 heterocycles. The van der Waals surface area contributed by atoms with Crippen LogP contribution in [-0.2, 0) is 0 Å². The first kappa shape index (κ1) is 13.1. The lowest BCUT2D eigenvalue weighted by molar-refractivity contribution is 0.0933. The third-order valence-electron chi connectivity index (χ3n) is 3.47. The SMILES string of the molecule is CCCCCC(C)NC(=O)c1cc(C2CC2)[nH]n1. The van der Waals surface area contributed by atoms with Crippen molar-refractivity contribution < 1.29 is 4.79 Å². The summed E-state index contributed by atoms with van der Waals surface area (Å²) in [6.45, 7) is 4.24. The normalized spacial score (nSPS) is 16.6. The van der Waals surface area contributed by atoms with E-state index in [9.17, 15) is 4.79 Å². The van der Waals surface area contributed by atoms with E-state index in [0.717, 1.165) is 12.1 Å². The average molecular weight is 249 g/mol. The summed E-state index contributed by atoms with van der Waals surface area (Å²) in [7, 11) is 0. The summed E-state index contributed by atoms with van der Waals surface area (Å²) < 4.78 is 0. The number of unbranched alkanes of at least 4 members (excludes halogenated alkanes) is 2. The number of carbonyl (C=O) groups is 1. The summed E-state index contributed by atoms with van der Waals surface area (Å²) in [4.78, 5) is 12.0. The Morgan fingerprint density at radius 2 is 2.33 bits per heavy atom. The molecule has 2 rings (SSSR count). The van der Waals surface area contributed by atoms with Gasteiger partial charge in [0.25, 0.3) is 5.91 Å². The first-order valence-electron chi connectivity index (χ1n) is 7.07. The molecule has 1 aromatic rings. The molecule has 4 nitrogen and oxygen atoms in total. The Labute approximate surface area is 109 Å². The molecule has 0 saturated heterocycles. The van der Waals surface area contributed by atoms with Gasteiger partial charge in [-0.2, -0.15) is 5.10 Å². The van der Waals surface area contributed by atoms with Gasteiger partial charge in [0.15, 0.2) is 0 Å². The van der Waals surface area contributed by atoms with E-state index in [2.05, 4.69) is 29.4 Å². The maximum absolute atomic E-state index is 12.0. The summed E-state index contributed by atoms with van der Waals surface area (Å²) in [5, 5.41) is 10.1. The minimum atomic E-state index is -0.0536. The molecule has 1 aliphatic rings. The summed E-state index contributed by atoms with van der Waals surface area (Å²) in [6, 6.07) is 2.12. The Morgan fingerprint density at radius 3 is 3.00 bits per heavy atom. The summed E-state index contributed by atoms with van der Waals surface area (Å²) in [5.74, 6) is 0.558. The van der Waals surface area contributed by atoms with Gasteiger partial charge in [0.2, 0.25) is 0 Å². The Hall–Kier alpha value is -1.32. The number of aromatic amines is 1. The molecule has 1 aromatic heterocycles. The second kappa shape index (κ2) is 6.03. The lowest BCUT2D eigenvalue weighted by Gasteiger charge is -2.12. The molecule has 0 spiro atoms. The summed E-state index contributed by atoms with van der Waals surface area (Å²) >= 11 is 0. The number of amides is 1. The second-order valence-electron chi connectivity index (χ2n) is 5.35. The molecule has 1 atom stereocenters. The molecule has 1 unspecified atom stereocenters. The van der Waals surface area contributed by atoms with Crippen LogP contribution in [0.3, 0.4) is 0 Å². The van der Waals surface area contributed by atoms with E-state index in [1.54, 1.807) is 0 Å². The first-order valence-corrected chi connectivity index (χ1v) is 7.07. The molecule has 1 saturated carbocycles. The van der Waals surface area contributed by atoms with Crippen molar-refractivity contribution in [2.75, 3.05) is 0 Å². The fraction of sp³-hybridized carbons (Fsp3) is 0.714. The highest BCUT2D eigenvalue weighted by Crippen LogP contribution is 2.38. The standard InChI is InChI=1S/C14H23N3O/c1-3-4-5-6-10(2)15-14(18)13-9-12(16-17-13)11-7-8-11/h9-11H,3-8H2,1-2H3,(H,15,18)(H,16,17). The van der Waals surface area contributed by atoms with E-state index < -0.39 is 0 Å². The van der Waals surface area contributed by atoms with E-state index >= 15 is 0 Å². The molecule has 0 bridgehead atoms. The van der Waals surface area contributed by atoms with E-state index in [1.807, 2.05) is 6.07 Å². The van der Waals surface area contributed by atoms with Crippen molar-refractivity contribution in [1.29, 1.82) is 0 Å². The fourth-order valence-corrected chi connectivity index (χ4v) is 2.13. The Kier molecular flexibility index (Phi) is 4.39. The van der Waals surface area contributed by atoms with Crippen molar-refractivity contribution in [2.45, 2.75) is 64.3 Å². The van der Waals surface area contributed by atoms with Gasteiger partial charge >= 0.3 is 0 Å². The van der Waals surface area contributed by atoms with Crippen LogP contribution < -0.4 is 5.32 Å². The lowest BCUT2D eigenvalue weighted by atomic mass is 10.1. The molecule has 18 heavy (non-hydrogen) atoms. The van der Waals surface area contributed by atoms with E-state index in [0.29, 0.717) is 11.6 Å². The van der Waals surface area contributed by atoms with Crippen LogP contribution in [0.15, 0.2) is 6.07 Å². The third-order valence-corrected chi connectivity index (χ3v) is 3.47. The molecular weight excluding hydrogens is 226 g/mol. The minimum Gasteiger partial charge on any atom is -0.348 e. The van der Waals surface area contributed by atoms with Crippen LogP contribution >= 0.6 is 0 Å². The first-order chi connectivity index (χ1) is 8.70. The molecular formula is C14H23N3O. The molecule has 1 aliphatic carbocycles. The molecule has 1 fully saturated rings. The number of rotatable bonds is 7. The zero-order chi connectivity index (χ0) is 13.0. The van der Waals surface area contributed by atoms with Gasteiger partial charge in [-0.1, -0.05) is 26.2 Å². The van der Waals surface area contributed by atoms with Crippen molar-refractivity contribution in [3.63, 3.8) is 0 Å². The monoisotopic (exact) mass is 249 g/mol. The molecule has 0 radical (unpaired) electrons. The topological polar surface area (TPSA) is 57.8 Å². The third kappa shape index (κ3) is 3.59. The van der Waals surface area contributed by atoms with Gasteiger partial charge in [0.1, 0.15) is 5.69 Å². The van der Waals surface area contributed by atoms with Gasteiger partial charge in [0, 0.05) is 17.7 Å². The van der Waals surface area contributed by atoms with Gasteiger partial charge in [-0.05, 0) is 32.3 Å². The number of nitrogens with one attached hydrogen (secondary N) is 2. The Balaban J connectivity index is 1.78. The molecule has 0 aromatic carbocycles. The van der Waals surface area contributed by atoms with Crippen LogP contribution in [0.2, 0.25) is 0 Å². The maximum Gasteiger partial charge on any atom is 0.271 e. The van der Waals surface area contributed by atoms with Crippen LogP contribution in [0.1, 0.15) is 74.5 Å². The predicted octanol–water partition coefficient (Wildman–Crippen LogP) is 2.99. The highest BCUT2D eigenvalue weighted by molar-refractivity contribution is 5.92. The van der Waals surface area contributed by atoms with E-state index in [4.69, 9.17) is 0 Å². The second-order valence-corrected chi connectivity index (χ2v) is 5.35. The van der Waals surface area contributed by atoms with Crippen LogP contribution in [-0.4, -0.2) is 22.1 Å². The number of hydrogen-bond acceptors (Lipinski definition) is 2. The smallest absolute Gasteiger partial charge is 0.271 e.